The minimum Gasteiger partial charge on any atom is -0.447 e. The van der Waals surface area contributed by atoms with Crippen LogP contribution in [0.1, 0.15) is 60.5 Å². The van der Waals surface area contributed by atoms with Gasteiger partial charge in [-0.05, 0) is 79.7 Å². The third-order valence-corrected chi connectivity index (χ3v) is 9.85. The summed E-state index contributed by atoms with van der Waals surface area (Å²) < 4.78 is 5.40. The van der Waals surface area contributed by atoms with Gasteiger partial charge in [0.25, 0.3) is 5.91 Å². The van der Waals surface area contributed by atoms with E-state index in [1.165, 1.54) is 19.3 Å². The van der Waals surface area contributed by atoms with Crippen molar-refractivity contribution in [3.63, 3.8) is 0 Å². The number of rotatable bonds is 12. The second-order valence-corrected chi connectivity index (χ2v) is 13.1. The summed E-state index contributed by atoms with van der Waals surface area (Å²) in [4.78, 5) is 41.1. The molecule has 2 bridgehead atoms. The maximum atomic E-state index is 13.7. The molecule has 7 atom stereocenters. The first-order chi connectivity index (χ1) is 21.8. The molecule has 2 saturated carbocycles. The van der Waals surface area contributed by atoms with Crippen molar-refractivity contribution in [1.29, 1.82) is 0 Å². The molecule has 1 saturated heterocycles. The van der Waals surface area contributed by atoms with Gasteiger partial charge < -0.3 is 20.5 Å². The van der Waals surface area contributed by atoms with Crippen LogP contribution in [0, 0.1) is 17.8 Å². The molecule has 1 aliphatic heterocycles. The molecule has 3 amide bonds. The molecule has 3 aromatic rings. The van der Waals surface area contributed by atoms with Crippen molar-refractivity contribution in [3.05, 3.63) is 102 Å². The van der Waals surface area contributed by atoms with Gasteiger partial charge >= 0.3 is 6.09 Å². The lowest BCUT2D eigenvalue weighted by Crippen LogP contribution is -2.47. The Balaban J connectivity index is 1.14. The van der Waals surface area contributed by atoms with E-state index in [0.717, 1.165) is 23.5 Å². The Morgan fingerprint density at radius 3 is 2.38 bits per heavy atom. The number of cyclic esters (lactones) is 1. The number of fused-ring (bicyclic) bond motifs is 2. The van der Waals surface area contributed by atoms with Crippen LogP contribution in [0.4, 0.5) is 10.5 Å². The van der Waals surface area contributed by atoms with Gasteiger partial charge in [-0.2, -0.15) is 0 Å². The van der Waals surface area contributed by atoms with Gasteiger partial charge in [-0.15, -0.1) is 0 Å². The average molecular weight is 610 g/mol. The Bertz CT molecular complexity index is 1480. The molecule has 45 heavy (non-hydrogen) atoms. The summed E-state index contributed by atoms with van der Waals surface area (Å²) in [7, 11) is 0. The quantitative estimate of drug-likeness (QED) is 0.259. The number of carbonyl (C=O) groups excluding carboxylic acids is 3. The summed E-state index contributed by atoms with van der Waals surface area (Å²) in [5.74, 6) is 0.513. The first-order valence-corrected chi connectivity index (χ1v) is 16.3. The summed E-state index contributed by atoms with van der Waals surface area (Å²) >= 11 is 0. The monoisotopic (exact) mass is 609 g/mol. The fraction of sp³-hybridized carbons (Fsp3) is 0.432. The molecule has 3 N–H and O–H groups in total. The predicted octanol–water partition coefficient (Wildman–Crippen LogP) is 5.29. The molecule has 3 aromatic carbocycles. The first kappa shape index (κ1) is 30.8. The molecule has 6 rings (SSSR count). The van der Waals surface area contributed by atoms with Gasteiger partial charge in [0, 0.05) is 23.2 Å². The van der Waals surface area contributed by atoms with Crippen LogP contribution in [0.5, 0.6) is 0 Å². The van der Waals surface area contributed by atoms with Crippen LogP contribution in [0.15, 0.2) is 84.9 Å². The highest BCUT2D eigenvalue weighted by Gasteiger charge is 2.41. The molecule has 0 radical (unpaired) electrons. The normalized spacial score (nSPS) is 24.1. The van der Waals surface area contributed by atoms with Gasteiger partial charge in [0.2, 0.25) is 5.91 Å². The number of anilines is 1. The van der Waals surface area contributed by atoms with Gasteiger partial charge in [-0.25, -0.2) is 4.79 Å². The highest BCUT2D eigenvalue weighted by atomic mass is 16.6. The van der Waals surface area contributed by atoms with Crippen LogP contribution in [-0.2, 0) is 22.4 Å². The number of ether oxygens (including phenoxy) is 1. The van der Waals surface area contributed by atoms with E-state index in [1.54, 1.807) is 29.2 Å². The Kier molecular flexibility index (Phi) is 9.50. The van der Waals surface area contributed by atoms with Crippen LogP contribution < -0.4 is 15.5 Å². The van der Waals surface area contributed by atoms with E-state index in [2.05, 4.69) is 10.6 Å². The van der Waals surface area contributed by atoms with Gasteiger partial charge in [0.05, 0.1) is 18.2 Å². The minimum atomic E-state index is -0.943. The lowest BCUT2D eigenvalue weighted by Gasteiger charge is -2.28. The standard InChI is InChI=1S/C37H43N3O5/c1-24(35(42)38-32-21-27-15-16-28(32)18-27)17-34(41)33(20-26-11-6-3-7-12-26)39-36(43)29-13-8-14-30(22-29)40-31(23-45-37(40)44)19-25-9-4-2-5-10-25/h2-14,22,24,27-28,31-34,41H,15-21,23H2,1H3,(H,38,42)(H,39,43)/t24-,27?,28?,31-,32?,33+,34-/m1/s1. The summed E-state index contributed by atoms with van der Waals surface area (Å²) in [6.07, 6.45) is 4.60. The second kappa shape index (κ2) is 13.9. The van der Waals surface area contributed by atoms with Crippen molar-refractivity contribution < 1.29 is 24.2 Å². The number of carbonyl (C=O) groups is 3. The van der Waals surface area contributed by atoms with Crippen molar-refractivity contribution in [2.24, 2.45) is 17.8 Å². The zero-order valence-electron chi connectivity index (χ0n) is 25.8. The first-order valence-electron chi connectivity index (χ1n) is 16.3. The molecule has 8 heteroatoms. The van der Waals surface area contributed by atoms with Crippen LogP contribution in [0.2, 0.25) is 0 Å². The summed E-state index contributed by atoms with van der Waals surface area (Å²) in [5.41, 5.74) is 3.02. The number of nitrogens with zero attached hydrogens (tertiary/aromatic N) is 1. The summed E-state index contributed by atoms with van der Waals surface area (Å²) in [6.45, 7) is 2.11. The van der Waals surface area contributed by atoms with Crippen molar-refractivity contribution in [2.45, 2.75) is 76.1 Å². The third kappa shape index (κ3) is 7.39. The van der Waals surface area contributed by atoms with Gasteiger partial charge in [-0.1, -0.05) is 80.1 Å². The van der Waals surface area contributed by atoms with E-state index >= 15 is 0 Å². The maximum absolute atomic E-state index is 13.7. The lowest BCUT2D eigenvalue weighted by atomic mass is 9.92. The zero-order valence-corrected chi connectivity index (χ0v) is 25.8. The highest BCUT2D eigenvalue weighted by Crippen LogP contribution is 2.44. The Morgan fingerprint density at radius 2 is 1.69 bits per heavy atom. The molecule has 236 valence electrons. The molecule has 3 unspecified atom stereocenters. The zero-order chi connectivity index (χ0) is 31.3. The largest absolute Gasteiger partial charge is 0.447 e. The fourth-order valence-electron chi connectivity index (χ4n) is 7.39. The Hall–Kier alpha value is -4.17. The molecule has 0 spiro atoms. The molecule has 0 aromatic heterocycles. The van der Waals surface area contributed by atoms with Crippen LogP contribution in [0.3, 0.4) is 0 Å². The lowest BCUT2D eigenvalue weighted by molar-refractivity contribution is -0.126. The SMILES string of the molecule is C[C@H](C[C@@H](O)[C@H](Cc1ccccc1)NC(=O)c1cccc(N2C(=O)OC[C@H]2Cc2ccccc2)c1)C(=O)NC1CC2CCC1C2. The topological polar surface area (TPSA) is 108 Å². The number of aliphatic hydroxyl groups is 1. The molecular formula is C37H43N3O5. The van der Waals surface area contributed by atoms with E-state index in [4.69, 9.17) is 4.74 Å². The predicted molar refractivity (Wildman–Crippen MR) is 173 cm³/mol. The summed E-state index contributed by atoms with van der Waals surface area (Å²) in [5, 5.41) is 17.7. The second-order valence-electron chi connectivity index (χ2n) is 13.1. The third-order valence-electron chi connectivity index (χ3n) is 9.85. The van der Waals surface area contributed by atoms with Gasteiger partial charge in [0.1, 0.15) is 6.61 Å². The number of benzene rings is 3. The highest BCUT2D eigenvalue weighted by molar-refractivity contribution is 5.97. The maximum Gasteiger partial charge on any atom is 0.414 e. The smallest absolute Gasteiger partial charge is 0.414 e. The van der Waals surface area contributed by atoms with Crippen molar-refractivity contribution in [3.8, 4) is 0 Å². The molecule has 3 aliphatic rings. The average Bonchev–Trinajstić information content (AvgIpc) is 3.78. The van der Waals surface area contributed by atoms with E-state index in [1.807, 2.05) is 67.6 Å². The van der Waals surface area contributed by atoms with Crippen LogP contribution in [0.25, 0.3) is 0 Å². The van der Waals surface area contributed by atoms with E-state index in [0.29, 0.717) is 30.0 Å². The number of amides is 3. The van der Waals surface area contributed by atoms with Crippen molar-refractivity contribution in [2.75, 3.05) is 11.5 Å². The van der Waals surface area contributed by atoms with E-state index in [9.17, 15) is 19.5 Å². The van der Waals surface area contributed by atoms with Crippen LogP contribution in [-0.4, -0.2) is 53.9 Å². The molecular weight excluding hydrogens is 566 g/mol. The number of hydrogen-bond acceptors (Lipinski definition) is 5. The molecule has 3 fully saturated rings. The van der Waals surface area contributed by atoms with Gasteiger partial charge in [-0.3, -0.25) is 14.5 Å². The fourth-order valence-corrected chi connectivity index (χ4v) is 7.39. The van der Waals surface area contributed by atoms with Crippen molar-refractivity contribution >= 4 is 23.6 Å². The van der Waals surface area contributed by atoms with Crippen LogP contribution >= 0.6 is 0 Å². The van der Waals surface area contributed by atoms with E-state index in [-0.39, 0.29) is 36.9 Å². The Labute approximate surface area is 265 Å². The minimum absolute atomic E-state index is 0.0355. The van der Waals surface area contributed by atoms with Gasteiger partial charge in [0.15, 0.2) is 0 Å². The Morgan fingerprint density at radius 1 is 0.956 bits per heavy atom. The number of aliphatic hydroxyl groups excluding tert-OH is 1. The molecule has 2 aliphatic carbocycles. The van der Waals surface area contributed by atoms with E-state index < -0.39 is 24.2 Å². The number of hydrogen-bond donors (Lipinski definition) is 3. The molecule has 8 nitrogen and oxygen atoms in total. The molecule has 1 heterocycles. The van der Waals surface area contributed by atoms with Crippen molar-refractivity contribution in [1.82, 2.24) is 10.6 Å². The summed E-state index contributed by atoms with van der Waals surface area (Å²) in [6, 6.07) is 26.0. The number of nitrogens with one attached hydrogen (secondary N) is 2.